The van der Waals surface area contributed by atoms with Crippen LogP contribution in [0.1, 0.15) is 55.3 Å². The van der Waals surface area contributed by atoms with E-state index >= 15 is 0 Å². The Morgan fingerprint density at radius 1 is 1.02 bits per heavy atom. The lowest BCUT2D eigenvalue weighted by atomic mass is 10.1. The molecule has 2 aromatic carbocycles. The topological polar surface area (TPSA) is 98.3 Å². The van der Waals surface area contributed by atoms with Gasteiger partial charge in [-0.1, -0.05) is 44.7 Å². The first-order valence-electron chi connectivity index (χ1n) is 14.8. The SMILES string of the molecule is CCOc1cc(C(=O)N2CCN(C(=O)SC(C)(C)C)C[C@@H]2C)ccc1Nc1cc2c(cn1)N(C)C(=O)c1ccccc1N2C. The van der Waals surface area contributed by atoms with Crippen LogP contribution in [-0.4, -0.2) is 83.0 Å². The Balaban J connectivity index is 1.36. The van der Waals surface area contributed by atoms with E-state index < -0.39 is 0 Å². The Bertz CT molecular complexity index is 1590. The van der Waals surface area contributed by atoms with Gasteiger partial charge in [-0.15, -0.1) is 0 Å². The average Bonchev–Trinajstić information content (AvgIpc) is 3.06. The van der Waals surface area contributed by atoms with Crippen LogP contribution in [0.5, 0.6) is 5.75 Å². The number of piperazine rings is 1. The van der Waals surface area contributed by atoms with Crippen molar-refractivity contribution in [2.24, 2.45) is 0 Å². The monoisotopic (exact) mass is 616 g/mol. The van der Waals surface area contributed by atoms with Gasteiger partial charge in [0.15, 0.2) is 0 Å². The molecular formula is C33H40N6O4S. The number of nitrogens with zero attached hydrogens (tertiary/aromatic N) is 5. The Morgan fingerprint density at radius 2 is 1.77 bits per heavy atom. The second-order valence-corrected chi connectivity index (χ2v) is 13.8. The summed E-state index contributed by atoms with van der Waals surface area (Å²) in [5.41, 5.74) is 4.12. The highest BCUT2D eigenvalue weighted by Crippen LogP contribution is 2.40. The fourth-order valence-electron chi connectivity index (χ4n) is 5.49. The highest BCUT2D eigenvalue weighted by molar-refractivity contribution is 8.14. The highest BCUT2D eigenvalue weighted by atomic mass is 32.2. The molecule has 1 saturated heterocycles. The van der Waals surface area contributed by atoms with Crippen LogP contribution < -0.4 is 19.9 Å². The number of hydrogen-bond acceptors (Lipinski definition) is 8. The van der Waals surface area contributed by atoms with Gasteiger partial charge in [0.1, 0.15) is 11.6 Å². The summed E-state index contributed by atoms with van der Waals surface area (Å²) in [4.78, 5) is 51.4. The molecule has 232 valence electrons. The predicted molar refractivity (Wildman–Crippen MR) is 177 cm³/mol. The third-order valence-electron chi connectivity index (χ3n) is 7.72. The molecule has 11 heteroatoms. The molecule has 0 aliphatic carbocycles. The number of benzene rings is 2. The average molecular weight is 617 g/mol. The van der Waals surface area contributed by atoms with Gasteiger partial charge in [-0.05, 0) is 44.2 Å². The number of carbonyl (C=O) groups excluding carboxylic acids is 3. The molecular weight excluding hydrogens is 576 g/mol. The van der Waals surface area contributed by atoms with Crippen molar-refractivity contribution in [1.29, 1.82) is 0 Å². The summed E-state index contributed by atoms with van der Waals surface area (Å²) < 4.78 is 5.80. The van der Waals surface area contributed by atoms with Crippen LogP contribution in [0.3, 0.4) is 0 Å². The minimum atomic E-state index is -0.163. The number of fused-ring (bicyclic) bond motifs is 2. The molecule has 3 aromatic rings. The van der Waals surface area contributed by atoms with E-state index in [0.29, 0.717) is 60.3 Å². The minimum Gasteiger partial charge on any atom is -0.492 e. The van der Waals surface area contributed by atoms with E-state index in [4.69, 9.17) is 4.74 Å². The number of hydrogen-bond donors (Lipinski definition) is 1. The molecule has 0 radical (unpaired) electrons. The summed E-state index contributed by atoms with van der Waals surface area (Å²) >= 11 is 1.32. The molecule has 3 amide bonds. The van der Waals surface area contributed by atoms with Gasteiger partial charge >= 0.3 is 0 Å². The number of pyridine rings is 1. The number of anilines is 5. The summed E-state index contributed by atoms with van der Waals surface area (Å²) in [6.07, 6.45) is 1.68. The van der Waals surface area contributed by atoms with Crippen molar-refractivity contribution in [3.8, 4) is 5.75 Å². The zero-order valence-corrected chi connectivity index (χ0v) is 27.2. The van der Waals surface area contributed by atoms with Crippen molar-refractivity contribution in [3.63, 3.8) is 0 Å². The fraction of sp³-hybridized carbons (Fsp3) is 0.394. The Labute approximate surface area is 263 Å². The lowest BCUT2D eigenvalue weighted by Gasteiger charge is -2.40. The number of aromatic nitrogens is 1. The third-order valence-corrected chi connectivity index (χ3v) is 8.76. The second kappa shape index (κ2) is 12.4. The smallest absolute Gasteiger partial charge is 0.282 e. The van der Waals surface area contributed by atoms with Crippen molar-refractivity contribution < 1.29 is 19.1 Å². The second-order valence-electron chi connectivity index (χ2n) is 12.0. The summed E-state index contributed by atoms with van der Waals surface area (Å²) in [7, 11) is 3.68. The van der Waals surface area contributed by atoms with Gasteiger partial charge in [0, 0.05) is 56.1 Å². The van der Waals surface area contributed by atoms with Crippen molar-refractivity contribution in [2.75, 3.05) is 55.5 Å². The molecule has 0 saturated carbocycles. The first kappa shape index (κ1) is 31.2. The van der Waals surface area contributed by atoms with Crippen molar-refractivity contribution >= 4 is 57.4 Å². The van der Waals surface area contributed by atoms with Gasteiger partial charge in [0.05, 0.1) is 41.1 Å². The molecule has 44 heavy (non-hydrogen) atoms. The predicted octanol–water partition coefficient (Wildman–Crippen LogP) is 6.38. The molecule has 0 spiro atoms. The van der Waals surface area contributed by atoms with E-state index in [1.54, 1.807) is 30.3 Å². The maximum Gasteiger partial charge on any atom is 0.282 e. The van der Waals surface area contributed by atoms with Crippen LogP contribution >= 0.6 is 11.8 Å². The molecule has 1 fully saturated rings. The largest absolute Gasteiger partial charge is 0.492 e. The normalized spacial score (nSPS) is 16.7. The Morgan fingerprint density at radius 3 is 2.48 bits per heavy atom. The molecule has 3 heterocycles. The summed E-state index contributed by atoms with van der Waals surface area (Å²) in [6.45, 7) is 11.8. The van der Waals surface area contributed by atoms with E-state index in [9.17, 15) is 14.4 Å². The van der Waals surface area contributed by atoms with Gasteiger partial charge in [0.2, 0.25) is 0 Å². The molecule has 2 aliphatic heterocycles. The van der Waals surface area contributed by atoms with Crippen molar-refractivity contribution in [1.82, 2.24) is 14.8 Å². The Hall–Kier alpha value is -4.25. The fourth-order valence-corrected chi connectivity index (χ4v) is 6.31. The lowest BCUT2D eigenvalue weighted by Crippen LogP contribution is -2.55. The first-order chi connectivity index (χ1) is 20.9. The van der Waals surface area contributed by atoms with Crippen molar-refractivity contribution in [3.05, 3.63) is 65.9 Å². The zero-order valence-electron chi connectivity index (χ0n) is 26.4. The van der Waals surface area contributed by atoms with Gasteiger partial charge < -0.3 is 29.7 Å². The lowest BCUT2D eigenvalue weighted by molar-refractivity contribution is 0.0557. The van der Waals surface area contributed by atoms with E-state index in [1.807, 2.05) is 92.8 Å². The highest BCUT2D eigenvalue weighted by Gasteiger charge is 2.33. The van der Waals surface area contributed by atoms with Crippen molar-refractivity contribution in [2.45, 2.75) is 45.4 Å². The quantitative estimate of drug-likeness (QED) is 0.353. The zero-order chi connectivity index (χ0) is 31.8. The molecule has 10 nitrogen and oxygen atoms in total. The van der Waals surface area contributed by atoms with Gasteiger partial charge in [-0.3, -0.25) is 14.4 Å². The maximum atomic E-state index is 13.6. The number of rotatable bonds is 5. The molecule has 1 aromatic heterocycles. The number of ether oxygens (including phenoxy) is 1. The summed E-state index contributed by atoms with van der Waals surface area (Å²) in [6, 6.07) is 14.7. The van der Waals surface area contributed by atoms with Gasteiger partial charge in [-0.2, -0.15) is 0 Å². The molecule has 2 aliphatic rings. The van der Waals surface area contributed by atoms with E-state index in [2.05, 4.69) is 10.3 Å². The Kier molecular flexibility index (Phi) is 8.78. The minimum absolute atomic E-state index is 0.0468. The maximum absolute atomic E-state index is 13.6. The number of carbonyl (C=O) groups is 3. The first-order valence-corrected chi connectivity index (χ1v) is 15.6. The van der Waals surface area contributed by atoms with Gasteiger partial charge in [-0.25, -0.2) is 4.98 Å². The van der Waals surface area contributed by atoms with Crippen LogP contribution in [0.2, 0.25) is 0 Å². The molecule has 0 bridgehead atoms. The number of nitrogens with one attached hydrogen (secondary N) is 1. The third kappa shape index (κ3) is 6.33. The van der Waals surface area contributed by atoms with Crippen LogP contribution in [-0.2, 0) is 0 Å². The number of thioether (sulfide) groups is 1. The van der Waals surface area contributed by atoms with E-state index in [1.165, 1.54) is 11.8 Å². The standard InChI is InChI=1S/C33H40N6O4S/c1-8-43-28-17-22(30(40)39-16-15-38(20-21(39)2)32(42)44-33(3,4)5)13-14-24(28)35-29-18-26-27(19-34-29)37(7)31(41)23-11-9-10-12-25(23)36(26)6/h9-14,17-19,21H,8,15-16,20H2,1-7H3,(H,34,35)/t21-/m0/s1. The molecule has 0 unspecified atom stereocenters. The summed E-state index contributed by atoms with van der Waals surface area (Å²) in [5, 5.41) is 3.40. The van der Waals surface area contributed by atoms with Gasteiger partial charge in [0.25, 0.3) is 17.1 Å². The van der Waals surface area contributed by atoms with E-state index in [0.717, 1.165) is 11.4 Å². The van der Waals surface area contributed by atoms with Crippen LogP contribution in [0.4, 0.5) is 33.4 Å². The molecule has 1 N–H and O–H groups in total. The molecule has 1 atom stereocenters. The van der Waals surface area contributed by atoms with E-state index in [-0.39, 0.29) is 27.8 Å². The number of amides is 3. The molecule has 5 rings (SSSR count). The van der Waals surface area contributed by atoms with Crippen LogP contribution in [0.15, 0.2) is 54.7 Å². The summed E-state index contributed by atoms with van der Waals surface area (Å²) in [5.74, 6) is 0.901. The van der Waals surface area contributed by atoms with Crippen LogP contribution in [0.25, 0.3) is 0 Å². The number of para-hydroxylation sites is 1. The van der Waals surface area contributed by atoms with Crippen LogP contribution in [0, 0.1) is 0 Å².